The molecule has 1 N–H and O–H groups in total. The average molecular weight is 374 g/mol. The maximum absolute atomic E-state index is 12.0. The third-order valence-electron chi connectivity index (χ3n) is 2.62. The van der Waals surface area contributed by atoms with E-state index in [0.29, 0.717) is 10.0 Å². The number of nitrogens with one attached hydrogen (secondary N) is 1. The van der Waals surface area contributed by atoms with Gasteiger partial charge >= 0.3 is 6.18 Å². The highest BCUT2D eigenvalue weighted by atomic mass is 79.9. The molecule has 8 heteroatoms. The normalized spacial score (nSPS) is 12.7. The molecule has 0 saturated heterocycles. The Bertz CT molecular complexity index is 558. The molecule has 0 spiro atoms. The van der Waals surface area contributed by atoms with Gasteiger partial charge in [-0.2, -0.15) is 13.2 Å². The summed E-state index contributed by atoms with van der Waals surface area (Å²) in [5.74, 6) is 0. The van der Waals surface area contributed by atoms with Crippen molar-refractivity contribution < 1.29 is 21.6 Å². The van der Waals surface area contributed by atoms with Crippen molar-refractivity contribution >= 4 is 26.0 Å². The van der Waals surface area contributed by atoms with Gasteiger partial charge in [-0.1, -0.05) is 22.0 Å². The first-order valence-electron chi connectivity index (χ1n) is 5.94. The zero-order chi connectivity index (χ0) is 15.4. The van der Waals surface area contributed by atoms with E-state index < -0.39 is 22.6 Å². The number of alkyl halides is 3. The first-order chi connectivity index (χ1) is 9.12. The Morgan fingerprint density at radius 2 is 1.90 bits per heavy atom. The van der Waals surface area contributed by atoms with E-state index in [2.05, 4.69) is 20.7 Å². The summed E-state index contributed by atoms with van der Waals surface area (Å²) < 4.78 is 62.8. The van der Waals surface area contributed by atoms with E-state index in [1.54, 1.807) is 19.1 Å². The van der Waals surface area contributed by atoms with Crippen molar-refractivity contribution in [2.24, 2.45) is 0 Å². The smallest absolute Gasteiger partial charge is 0.211 e. The Hall–Kier alpha value is -0.600. The van der Waals surface area contributed by atoms with Crippen LogP contribution in [0.5, 0.6) is 0 Å². The molecule has 0 aliphatic heterocycles. The molecule has 0 aliphatic carbocycles. The van der Waals surface area contributed by atoms with Gasteiger partial charge < -0.3 is 0 Å². The molecule has 0 aliphatic rings. The van der Waals surface area contributed by atoms with Crippen LogP contribution in [0.2, 0.25) is 0 Å². The molecule has 114 valence electrons. The van der Waals surface area contributed by atoms with Crippen LogP contribution < -0.4 is 4.72 Å². The fraction of sp³-hybridized carbons (Fsp3) is 0.500. The summed E-state index contributed by atoms with van der Waals surface area (Å²) in [4.78, 5) is 0.127. The van der Waals surface area contributed by atoms with Crippen LogP contribution in [0.15, 0.2) is 27.6 Å². The maximum atomic E-state index is 12.0. The minimum atomic E-state index is -4.19. The molecule has 0 bridgehead atoms. The largest absolute Gasteiger partial charge is 0.389 e. The van der Waals surface area contributed by atoms with Crippen molar-refractivity contribution in [3.05, 3.63) is 28.2 Å². The van der Waals surface area contributed by atoms with Gasteiger partial charge in [0.2, 0.25) is 10.0 Å². The molecule has 1 rings (SSSR count). The summed E-state index contributed by atoms with van der Waals surface area (Å²) in [6, 6.07) is 4.84. The standard InChI is InChI=1S/C12H15BrF3NO2S/c1-9-4-5-10(13)8-11(9)20(18,19)17-7-3-2-6-12(14,15)16/h4-5,8,17H,2-3,6-7H2,1H3. The number of halogens is 4. The highest BCUT2D eigenvalue weighted by Crippen LogP contribution is 2.22. The first kappa shape index (κ1) is 17.5. The van der Waals surface area contributed by atoms with Gasteiger partial charge in [-0.25, -0.2) is 13.1 Å². The van der Waals surface area contributed by atoms with E-state index in [0.717, 1.165) is 0 Å². The highest BCUT2D eigenvalue weighted by molar-refractivity contribution is 9.10. The Morgan fingerprint density at radius 3 is 2.50 bits per heavy atom. The van der Waals surface area contributed by atoms with Gasteiger partial charge in [0.1, 0.15) is 0 Å². The third-order valence-corrected chi connectivity index (χ3v) is 4.72. The molecule has 0 unspecified atom stereocenters. The van der Waals surface area contributed by atoms with Gasteiger partial charge in [0, 0.05) is 17.4 Å². The van der Waals surface area contributed by atoms with Crippen LogP contribution in [0.25, 0.3) is 0 Å². The molecule has 0 saturated carbocycles. The van der Waals surface area contributed by atoms with E-state index >= 15 is 0 Å². The minimum Gasteiger partial charge on any atom is -0.211 e. The zero-order valence-corrected chi connectivity index (χ0v) is 13.2. The van der Waals surface area contributed by atoms with Crippen LogP contribution in [0, 0.1) is 6.92 Å². The molecule has 0 atom stereocenters. The number of rotatable bonds is 6. The van der Waals surface area contributed by atoms with Crippen molar-refractivity contribution in [2.45, 2.75) is 37.3 Å². The van der Waals surface area contributed by atoms with Gasteiger partial charge in [-0.15, -0.1) is 0 Å². The Kier molecular flexibility index (Phi) is 6.03. The second kappa shape index (κ2) is 6.91. The van der Waals surface area contributed by atoms with Crippen molar-refractivity contribution in [1.82, 2.24) is 4.72 Å². The quantitative estimate of drug-likeness (QED) is 0.771. The monoisotopic (exact) mass is 373 g/mol. The van der Waals surface area contributed by atoms with E-state index in [4.69, 9.17) is 0 Å². The lowest BCUT2D eigenvalue weighted by Crippen LogP contribution is -2.25. The molecule has 0 heterocycles. The summed E-state index contributed by atoms with van der Waals surface area (Å²) in [5.41, 5.74) is 0.580. The van der Waals surface area contributed by atoms with E-state index in [1.165, 1.54) is 6.07 Å². The number of benzene rings is 1. The van der Waals surface area contributed by atoms with Crippen LogP contribution in [0.4, 0.5) is 13.2 Å². The van der Waals surface area contributed by atoms with Gasteiger partial charge in [-0.3, -0.25) is 0 Å². The summed E-state index contributed by atoms with van der Waals surface area (Å²) in [6.07, 6.45) is -5.04. The average Bonchev–Trinajstić information content (AvgIpc) is 2.30. The molecule has 1 aromatic rings. The van der Waals surface area contributed by atoms with Crippen LogP contribution in [0.3, 0.4) is 0 Å². The Balaban J connectivity index is 2.56. The number of aryl methyl sites for hydroxylation is 1. The topological polar surface area (TPSA) is 46.2 Å². The van der Waals surface area contributed by atoms with Gasteiger partial charge in [-0.05, 0) is 37.5 Å². The van der Waals surface area contributed by atoms with Crippen LogP contribution in [-0.2, 0) is 10.0 Å². The summed E-state index contributed by atoms with van der Waals surface area (Å²) in [5, 5.41) is 0. The fourth-order valence-electron chi connectivity index (χ4n) is 1.60. The van der Waals surface area contributed by atoms with Crippen LogP contribution in [0.1, 0.15) is 24.8 Å². The maximum Gasteiger partial charge on any atom is 0.389 e. The zero-order valence-electron chi connectivity index (χ0n) is 10.8. The molecule has 3 nitrogen and oxygen atoms in total. The second-order valence-electron chi connectivity index (χ2n) is 4.38. The van der Waals surface area contributed by atoms with Crippen molar-refractivity contribution in [3.63, 3.8) is 0 Å². The number of sulfonamides is 1. The highest BCUT2D eigenvalue weighted by Gasteiger charge is 2.26. The predicted octanol–water partition coefficient (Wildman–Crippen LogP) is 3.77. The van der Waals surface area contributed by atoms with Crippen molar-refractivity contribution in [1.29, 1.82) is 0 Å². The lowest BCUT2D eigenvalue weighted by Gasteiger charge is -2.10. The van der Waals surface area contributed by atoms with E-state index in [9.17, 15) is 21.6 Å². The fourth-order valence-corrected chi connectivity index (χ4v) is 3.45. The van der Waals surface area contributed by atoms with Gasteiger partial charge in [0.05, 0.1) is 4.90 Å². The minimum absolute atomic E-state index is 0.00956. The van der Waals surface area contributed by atoms with Crippen LogP contribution in [-0.4, -0.2) is 21.1 Å². The SMILES string of the molecule is Cc1ccc(Br)cc1S(=O)(=O)NCCCCC(F)(F)F. The molecule has 20 heavy (non-hydrogen) atoms. The molecule has 0 fully saturated rings. The molecule has 0 amide bonds. The van der Waals surface area contributed by atoms with Gasteiger partial charge in [0.15, 0.2) is 0 Å². The van der Waals surface area contributed by atoms with Gasteiger partial charge in [0.25, 0.3) is 0 Å². The van der Waals surface area contributed by atoms with E-state index in [-0.39, 0.29) is 24.3 Å². The van der Waals surface area contributed by atoms with E-state index in [1.807, 2.05) is 0 Å². The van der Waals surface area contributed by atoms with Crippen molar-refractivity contribution in [2.75, 3.05) is 6.54 Å². The van der Waals surface area contributed by atoms with Crippen molar-refractivity contribution in [3.8, 4) is 0 Å². The third kappa shape index (κ3) is 5.80. The lowest BCUT2D eigenvalue weighted by atomic mass is 10.2. The number of hydrogen-bond acceptors (Lipinski definition) is 2. The number of unbranched alkanes of at least 4 members (excludes halogenated alkanes) is 1. The molecule has 1 aromatic carbocycles. The Morgan fingerprint density at radius 1 is 1.25 bits per heavy atom. The molecule has 0 aromatic heterocycles. The number of hydrogen-bond donors (Lipinski definition) is 1. The van der Waals surface area contributed by atoms with Crippen LogP contribution >= 0.6 is 15.9 Å². The lowest BCUT2D eigenvalue weighted by molar-refractivity contribution is -0.135. The summed E-state index contributed by atoms with van der Waals surface area (Å²) in [6.45, 7) is 1.65. The predicted molar refractivity (Wildman–Crippen MR) is 74.0 cm³/mol. The summed E-state index contributed by atoms with van der Waals surface area (Å²) >= 11 is 3.19. The molecule has 0 radical (unpaired) electrons. The Labute approximate surface area is 124 Å². The first-order valence-corrected chi connectivity index (χ1v) is 8.22. The molecular weight excluding hydrogens is 359 g/mol. The second-order valence-corrected chi connectivity index (χ2v) is 7.03. The molecular formula is C12H15BrF3NO2S. The summed E-state index contributed by atoms with van der Waals surface area (Å²) in [7, 11) is -3.69.